The molecule has 0 radical (unpaired) electrons. The highest BCUT2D eigenvalue weighted by atomic mass is 31.2. The van der Waals surface area contributed by atoms with Gasteiger partial charge >= 0.3 is 21.8 Å². The maximum absolute atomic E-state index is 13.4. The molecule has 7 bridgehead atoms. The van der Waals surface area contributed by atoms with E-state index in [1.807, 2.05) is 6.92 Å². The molecule has 5 aliphatic heterocycles. The third-order valence-electron chi connectivity index (χ3n) is 6.02. The van der Waals surface area contributed by atoms with Crippen LogP contribution in [0.25, 0.3) is 10.9 Å². The largest absolute Gasteiger partial charge is 0.647 e. The van der Waals surface area contributed by atoms with Crippen LogP contribution < -0.4 is 23.6 Å². The zero-order valence-electron chi connectivity index (χ0n) is 18.5. The smallest absolute Gasteiger partial charge is 0.407 e. The summed E-state index contributed by atoms with van der Waals surface area (Å²) in [5, 5.41) is 3.92. The highest BCUT2D eigenvalue weighted by Gasteiger charge is 2.79. The Hall–Kier alpha value is -2.07. The Balaban J connectivity index is 1.44. The molecule has 3 fully saturated rings. The number of phosphoric ester groups is 2. The highest BCUT2D eigenvalue weighted by Crippen LogP contribution is 2.81. The average molecular weight is 499 g/mol. The number of anilines is 1. The zero-order valence-corrected chi connectivity index (χ0v) is 20.3. The number of benzene rings is 1. The number of fused-ring (bicyclic) bond motifs is 3. The van der Waals surface area contributed by atoms with Crippen molar-refractivity contribution in [2.75, 3.05) is 31.5 Å². The van der Waals surface area contributed by atoms with Crippen LogP contribution in [0.3, 0.4) is 0 Å². The van der Waals surface area contributed by atoms with Gasteiger partial charge < -0.3 is 28.5 Å². The highest BCUT2D eigenvalue weighted by molar-refractivity contribution is 7.51. The first-order chi connectivity index (χ1) is 15.7. The number of hydrogen-bond acceptors (Lipinski definition) is 12. The lowest BCUT2D eigenvalue weighted by atomic mass is 10.0. The van der Waals surface area contributed by atoms with E-state index >= 15 is 0 Å². The van der Waals surface area contributed by atoms with Gasteiger partial charge in [-0.3, -0.25) is 0 Å². The van der Waals surface area contributed by atoms with Crippen molar-refractivity contribution in [3.8, 4) is 23.0 Å². The molecule has 0 saturated carbocycles. The third-order valence-corrected chi connectivity index (χ3v) is 8.58. The molecule has 7 rings (SSSR count). The second-order valence-corrected chi connectivity index (χ2v) is 11.0. The lowest BCUT2D eigenvalue weighted by Gasteiger charge is -2.52. The van der Waals surface area contributed by atoms with Crippen molar-refractivity contribution in [3.63, 3.8) is 0 Å². The number of nitrogens with one attached hydrogen (secondary N) is 1. The molecule has 2 aromatic rings. The molecule has 1 unspecified atom stereocenters. The number of pyridine rings is 1. The summed E-state index contributed by atoms with van der Waals surface area (Å²) < 4.78 is 63.0. The first-order valence-corrected chi connectivity index (χ1v) is 13.7. The van der Waals surface area contributed by atoms with Crippen LogP contribution in [0, 0.1) is 13.8 Å². The summed E-state index contributed by atoms with van der Waals surface area (Å²) in [6.07, 6.45) is -1.09. The van der Waals surface area contributed by atoms with Gasteiger partial charge in [0.05, 0.1) is 11.1 Å². The lowest BCUT2D eigenvalue weighted by Crippen LogP contribution is -2.61. The fraction of sp³-hybridized carbons (Fsp3) is 0.526. The molecular formula is C19H23N3O9P2. The van der Waals surface area contributed by atoms with E-state index in [1.54, 1.807) is 6.92 Å². The Bertz CT molecular complexity index is 1270. The summed E-state index contributed by atoms with van der Waals surface area (Å²) in [4.78, 5) is 7.01. The molecule has 1 atom stereocenters. The van der Waals surface area contributed by atoms with Crippen molar-refractivity contribution in [1.82, 2.24) is 9.88 Å². The van der Waals surface area contributed by atoms with Crippen molar-refractivity contribution in [2.45, 2.75) is 40.3 Å². The van der Waals surface area contributed by atoms with Gasteiger partial charge in [-0.25, -0.2) is 9.55 Å². The van der Waals surface area contributed by atoms with E-state index in [1.165, 1.54) is 0 Å². The summed E-state index contributed by atoms with van der Waals surface area (Å²) in [7, 11) is -7.55. The minimum Gasteiger partial charge on any atom is -0.407 e. The van der Waals surface area contributed by atoms with E-state index in [4.69, 9.17) is 36.9 Å². The molecular weight excluding hydrogens is 476 g/mol. The van der Waals surface area contributed by atoms with Crippen LogP contribution in [0.1, 0.15) is 31.5 Å². The van der Waals surface area contributed by atoms with Gasteiger partial charge in [-0.2, -0.15) is 18.1 Å². The first-order valence-electron chi connectivity index (χ1n) is 10.8. The molecule has 6 heterocycles. The normalized spacial score (nSPS) is 29.8. The average Bonchev–Trinajstić information content (AvgIpc) is 2.74. The summed E-state index contributed by atoms with van der Waals surface area (Å²) in [6.45, 7) is 11.3. The molecule has 0 spiro atoms. The van der Waals surface area contributed by atoms with E-state index in [-0.39, 0.29) is 17.2 Å². The molecule has 33 heavy (non-hydrogen) atoms. The van der Waals surface area contributed by atoms with Gasteiger partial charge in [-0.1, -0.05) is 13.8 Å². The number of nitrogens with zero attached hydrogens (tertiary/aromatic N) is 2. The number of aromatic nitrogens is 1. The number of hydrogen-bond donors (Lipinski definition) is 1. The Morgan fingerprint density at radius 1 is 1.00 bits per heavy atom. The molecule has 1 aromatic heterocycles. The summed E-state index contributed by atoms with van der Waals surface area (Å²) >= 11 is 0. The van der Waals surface area contributed by atoms with Crippen LogP contribution >= 0.6 is 15.6 Å². The summed E-state index contributed by atoms with van der Waals surface area (Å²) in [5.74, 6) is 0.559. The van der Waals surface area contributed by atoms with E-state index in [2.05, 4.69) is 24.1 Å². The summed E-state index contributed by atoms with van der Waals surface area (Å²) in [6, 6.07) is 0. The van der Waals surface area contributed by atoms with E-state index in [0.717, 1.165) is 26.1 Å². The monoisotopic (exact) mass is 499 g/mol. The van der Waals surface area contributed by atoms with Gasteiger partial charge in [-0.15, -0.1) is 0 Å². The van der Waals surface area contributed by atoms with Crippen LogP contribution in [0.15, 0.2) is 0 Å². The minimum absolute atomic E-state index is 0.0383. The number of aryl methyl sites for hydroxylation is 2. The maximum Gasteiger partial charge on any atom is 0.647 e. The molecule has 0 aliphatic carbocycles. The van der Waals surface area contributed by atoms with Crippen molar-refractivity contribution in [3.05, 3.63) is 11.3 Å². The van der Waals surface area contributed by atoms with Gasteiger partial charge in [0, 0.05) is 12.1 Å². The van der Waals surface area contributed by atoms with Crippen molar-refractivity contribution < 1.29 is 41.0 Å². The van der Waals surface area contributed by atoms with Crippen LogP contribution in [0.5, 0.6) is 23.0 Å². The van der Waals surface area contributed by atoms with Crippen LogP contribution in [-0.4, -0.2) is 42.2 Å². The number of phosphoric acid groups is 2. The first kappa shape index (κ1) is 21.5. The molecule has 178 valence electrons. The van der Waals surface area contributed by atoms with E-state index in [0.29, 0.717) is 40.1 Å². The number of ether oxygens (including phenoxy) is 1. The SMILES string of the molecule is CCN(CC)CCCNc1c2c(OC34OP(=O)(O3)O4)c3c4c(C)c(c(C)nc14)OP(=O)(O2)O3. The Morgan fingerprint density at radius 2 is 1.67 bits per heavy atom. The van der Waals surface area contributed by atoms with Gasteiger partial charge in [0.25, 0.3) is 0 Å². The second kappa shape index (κ2) is 6.97. The molecule has 0 amide bonds. The van der Waals surface area contributed by atoms with Crippen molar-refractivity contribution in [2.24, 2.45) is 0 Å². The number of rotatable bonds is 9. The van der Waals surface area contributed by atoms with Gasteiger partial charge in [0.15, 0.2) is 11.5 Å². The predicted octanol–water partition coefficient (Wildman–Crippen LogP) is 4.44. The second-order valence-electron chi connectivity index (χ2n) is 8.09. The quantitative estimate of drug-likeness (QED) is 0.387. The van der Waals surface area contributed by atoms with Gasteiger partial charge in [0.2, 0.25) is 11.5 Å². The summed E-state index contributed by atoms with van der Waals surface area (Å²) in [5.41, 5.74) is 2.28. The molecule has 3 saturated heterocycles. The standard InChI is InChI=1S/C19H23N3O9P2/c1-5-22(6-2)9-7-8-20-14-13-12-10(3)15(11(4)21-13)26-32(23)27-16(12)18(17(14)28-32)25-19-29-33(24,30-19)31-19/h20H,5-9H2,1-4H3. The Labute approximate surface area is 189 Å². The van der Waals surface area contributed by atoms with Crippen LogP contribution in [-0.2, 0) is 22.7 Å². The lowest BCUT2D eigenvalue weighted by molar-refractivity contribution is -0.514. The predicted molar refractivity (Wildman–Crippen MR) is 116 cm³/mol. The molecule has 1 aromatic carbocycles. The third kappa shape index (κ3) is 3.09. The Kier molecular flexibility index (Phi) is 4.54. The van der Waals surface area contributed by atoms with Gasteiger partial charge in [-0.05, 0) is 39.9 Å². The zero-order chi connectivity index (χ0) is 23.2. The van der Waals surface area contributed by atoms with Crippen molar-refractivity contribution in [1.29, 1.82) is 0 Å². The molecule has 5 aliphatic rings. The Morgan fingerprint density at radius 3 is 2.33 bits per heavy atom. The maximum atomic E-state index is 13.4. The van der Waals surface area contributed by atoms with E-state index in [9.17, 15) is 9.13 Å². The molecule has 14 heteroatoms. The topological polar surface area (TPSA) is 127 Å². The molecule has 1 N–H and O–H groups in total. The van der Waals surface area contributed by atoms with Gasteiger partial charge in [0.1, 0.15) is 11.2 Å². The van der Waals surface area contributed by atoms with Crippen LogP contribution in [0.2, 0.25) is 0 Å². The fourth-order valence-electron chi connectivity index (χ4n) is 4.36. The van der Waals surface area contributed by atoms with Crippen molar-refractivity contribution >= 4 is 32.2 Å². The fourth-order valence-corrected chi connectivity index (χ4v) is 6.73. The van der Waals surface area contributed by atoms with E-state index < -0.39 is 21.8 Å². The molecule has 12 nitrogen and oxygen atoms in total. The van der Waals surface area contributed by atoms with Crippen LogP contribution in [0.4, 0.5) is 5.69 Å². The minimum atomic E-state index is -4.06.